The van der Waals surface area contributed by atoms with Crippen molar-refractivity contribution in [2.75, 3.05) is 0 Å². The molecule has 0 N–H and O–H groups in total. The maximum Gasteiger partial charge on any atom is -0.0383 e. The van der Waals surface area contributed by atoms with Gasteiger partial charge in [-0.25, -0.2) is 0 Å². The Kier molecular flexibility index (Phi) is 9.24. The van der Waals surface area contributed by atoms with Crippen LogP contribution in [0, 0.1) is 5.41 Å². The van der Waals surface area contributed by atoms with E-state index in [2.05, 4.69) is 27.7 Å². The first-order valence-corrected chi connectivity index (χ1v) is 7.06. The van der Waals surface area contributed by atoms with Gasteiger partial charge in [-0.15, -0.1) is 0 Å². The van der Waals surface area contributed by atoms with Crippen molar-refractivity contribution in [3.63, 3.8) is 0 Å². The summed E-state index contributed by atoms with van der Waals surface area (Å²) in [5.74, 6) is 0. The fourth-order valence-corrected chi connectivity index (χ4v) is 1.97. The zero-order chi connectivity index (χ0) is 11.6. The minimum absolute atomic E-state index is 0.551. The Morgan fingerprint density at radius 2 is 1.13 bits per heavy atom. The van der Waals surface area contributed by atoms with Crippen LogP contribution in [0.1, 0.15) is 91.9 Å². The first kappa shape index (κ1) is 15.0. The second-order valence-corrected chi connectivity index (χ2v) is 6.14. The highest BCUT2D eigenvalue weighted by molar-refractivity contribution is 4.60. The van der Waals surface area contributed by atoms with Crippen LogP contribution in [-0.2, 0) is 0 Å². The third-order valence-electron chi connectivity index (χ3n) is 3.03. The lowest BCUT2D eigenvalue weighted by Gasteiger charge is -2.16. The molecule has 1 saturated carbocycles. The molecule has 0 radical (unpaired) electrons. The van der Waals surface area contributed by atoms with Crippen molar-refractivity contribution in [2.24, 2.45) is 5.41 Å². The molecule has 1 aliphatic rings. The summed E-state index contributed by atoms with van der Waals surface area (Å²) in [4.78, 5) is 0. The van der Waals surface area contributed by atoms with E-state index in [-0.39, 0.29) is 0 Å². The molecule has 1 rings (SSSR count). The summed E-state index contributed by atoms with van der Waals surface area (Å²) < 4.78 is 0. The van der Waals surface area contributed by atoms with Crippen molar-refractivity contribution < 1.29 is 0 Å². The van der Waals surface area contributed by atoms with Crippen molar-refractivity contribution in [1.29, 1.82) is 0 Å². The molecular weight excluding hydrogens is 180 g/mol. The first-order valence-electron chi connectivity index (χ1n) is 7.06. The molecule has 0 heteroatoms. The molecule has 0 aromatic rings. The van der Waals surface area contributed by atoms with E-state index in [0.717, 1.165) is 0 Å². The SMILES string of the molecule is C1CCCCC1.CCCCCC(C)(C)C. The first-order chi connectivity index (χ1) is 7.06. The molecule has 1 fully saturated rings. The van der Waals surface area contributed by atoms with E-state index in [4.69, 9.17) is 0 Å². The highest BCUT2D eigenvalue weighted by Crippen LogP contribution is 2.21. The van der Waals surface area contributed by atoms with Crippen molar-refractivity contribution in [1.82, 2.24) is 0 Å². The molecule has 0 heterocycles. The van der Waals surface area contributed by atoms with E-state index in [0.29, 0.717) is 5.41 Å². The van der Waals surface area contributed by atoms with Crippen molar-refractivity contribution in [3.8, 4) is 0 Å². The van der Waals surface area contributed by atoms with Gasteiger partial charge in [0.05, 0.1) is 0 Å². The van der Waals surface area contributed by atoms with Gasteiger partial charge in [-0.2, -0.15) is 0 Å². The molecule has 0 spiro atoms. The third-order valence-corrected chi connectivity index (χ3v) is 3.03. The summed E-state index contributed by atoms with van der Waals surface area (Å²) in [6.45, 7) is 9.18. The Hall–Kier alpha value is 0. The quantitative estimate of drug-likeness (QED) is 0.507. The topological polar surface area (TPSA) is 0 Å². The lowest BCUT2D eigenvalue weighted by atomic mass is 9.90. The maximum atomic E-state index is 2.31. The Morgan fingerprint density at radius 1 is 0.733 bits per heavy atom. The summed E-state index contributed by atoms with van der Waals surface area (Å²) >= 11 is 0. The van der Waals surface area contributed by atoms with Crippen LogP contribution in [0.5, 0.6) is 0 Å². The fraction of sp³-hybridized carbons (Fsp3) is 1.00. The van der Waals surface area contributed by atoms with Gasteiger partial charge in [-0.05, 0) is 11.8 Å². The molecular formula is C15H32. The van der Waals surface area contributed by atoms with Crippen LogP contribution in [0.3, 0.4) is 0 Å². The van der Waals surface area contributed by atoms with E-state index in [1.165, 1.54) is 64.2 Å². The summed E-state index contributed by atoms with van der Waals surface area (Å²) in [5.41, 5.74) is 0.551. The minimum atomic E-state index is 0.551. The van der Waals surface area contributed by atoms with Gasteiger partial charge < -0.3 is 0 Å². The van der Waals surface area contributed by atoms with Crippen LogP contribution in [-0.4, -0.2) is 0 Å². The zero-order valence-electron chi connectivity index (χ0n) is 11.6. The van der Waals surface area contributed by atoms with Crippen LogP contribution in [0.25, 0.3) is 0 Å². The van der Waals surface area contributed by atoms with Crippen molar-refractivity contribution in [3.05, 3.63) is 0 Å². The molecule has 1 aliphatic carbocycles. The van der Waals surface area contributed by atoms with Gasteiger partial charge in [-0.3, -0.25) is 0 Å². The number of rotatable bonds is 3. The van der Waals surface area contributed by atoms with Crippen molar-refractivity contribution in [2.45, 2.75) is 91.9 Å². The average molecular weight is 212 g/mol. The van der Waals surface area contributed by atoms with E-state index in [1.54, 1.807) is 0 Å². The van der Waals surface area contributed by atoms with Crippen LogP contribution in [0.2, 0.25) is 0 Å². The maximum absolute atomic E-state index is 2.31. The molecule has 0 unspecified atom stereocenters. The summed E-state index contributed by atoms with van der Waals surface area (Å²) in [6.07, 6.45) is 14.5. The van der Waals surface area contributed by atoms with Gasteiger partial charge >= 0.3 is 0 Å². The highest BCUT2D eigenvalue weighted by Gasteiger charge is 2.07. The predicted molar refractivity (Wildman–Crippen MR) is 71.3 cm³/mol. The minimum Gasteiger partial charge on any atom is -0.0654 e. The normalized spacial score (nSPS) is 16.8. The molecule has 0 atom stereocenters. The number of hydrogen-bond donors (Lipinski definition) is 0. The van der Waals surface area contributed by atoms with E-state index in [1.807, 2.05) is 0 Å². The predicted octanol–water partition coefficient (Wildman–Crippen LogP) is 5.95. The smallest absolute Gasteiger partial charge is 0.0383 e. The van der Waals surface area contributed by atoms with E-state index < -0.39 is 0 Å². The number of unbranched alkanes of at least 4 members (excludes halogenated alkanes) is 2. The molecule has 0 nitrogen and oxygen atoms in total. The van der Waals surface area contributed by atoms with Gasteiger partial charge in [-0.1, -0.05) is 85.5 Å². The lowest BCUT2D eigenvalue weighted by molar-refractivity contribution is 0.359. The van der Waals surface area contributed by atoms with E-state index >= 15 is 0 Å². The van der Waals surface area contributed by atoms with Gasteiger partial charge in [0.25, 0.3) is 0 Å². The Labute approximate surface area is 97.8 Å². The van der Waals surface area contributed by atoms with Gasteiger partial charge in [0.2, 0.25) is 0 Å². The molecule has 0 aromatic heterocycles. The zero-order valence-corrected chi connectivity index (χ0v) is 11.6. The summed E-state index contributed by atoms with van der Waals surface area (Å²) in [5, 5.41) is 0. The van der Waals surface area contributed by atoms with Gasteiger partial charge in [0.1, 0.15) is 0 Å². The van der Waals surface area contributed by atoms with Crippen LogP contribution >= 0.6 is 0 Å². The molecule has 92 valence electrons. The van der Waals surface area contributed by atoms with Crippen LogP contribution in [0.15, 0.2) is 0 Å². The summed E-state index contributed by atoms with van der Waals surface area (Å²) in [6, 6.07) is 0. The molecule has 15 heavy (non-hydrogen) atoms. The fourth-order valence-electron chi connectivity index (χ4n) is 1.97. The molecule has 0 bridgehead atoms. The Balaban J connectivity index is 0.000000280. The van der Waals surface area contributed by atoms with Gasteiger partial charge in [0, 0.05) is 0 Å². The Morgan fingerprint density at radius 3 is 1.40 bits per heavy atom. The summed E-state index contributed by atoms with van der Waals surface area (Å²) in [7, 11) is 0. The van der Waals surface area contributed by atoms with E-state index in [9.17, 15) is 0 Å². The molecule has 0 aliphatic heterocycles. The monoisotopic (exact) mass is 212 g/mol. The molecule has 0 amide bonds. The molecule has 0 aromatic carbocycles. The largest absolute Gasteiger partial charge is 0.0654 e. The second-order valence-electron chi connectivity index (χ2n) is 6.14. The number of hydrogen-bond acceptors (Lipinski definition) is 0. The van der Waals surface area contributed by atoms with Gasteiger partial charge in [0.15, 0.2) is 0 Å². The standard InChI is InChI=1S/C9H20.C6H12/c1-5-6-7-8-9(2,3)4;1-2-4-6-5-3-1/h5-8H2,1-4H3;1-6H2. The Bertz CT molecular complexity index is 103. The second kappa shape index (κ2) is 9.24. The lowest BCUT2D eigenvalue weighted by Crippen LogP contribution is -2.03. The molecule has 0 saturated heterocycles. The van der Waals surface area contributed by atoms with Crippen molar-refractivity contribution >= 4 is 0 Å². The van der Waals surface area contributed by atoms with Crippen LogP contribution < -0.4 is 0 Å². The average Bonchev–Trinajstić information content (AvgIpc) is 2.20. The third kappa shape index (κ3) is 14.0. The highest BCUT2D eigenvalue weighted by atomic mass is 14.1. The van der Waals surface area contributed by atoms with Crippen LogP contribution in [0.4, 0.5) is 0 Å².